The number of hydrogen-bond acceptors (Lipinski definition) is 2. The molecule has 0 saturated heterocycles. The molecule has 1 atom stereocenters. The van der Waals surface area contributed by atoms with Gasteiger partial charge in [0.2, 0.25) is 0 Å². The van der Waals surface area contributed by atoms with Crippen molar-refractivity contribution in [2.45, 2.75) is 13.0 Å². The molecule has 2 aromatic carbocycles. The summed E-state index contributed by atoms with van der Waals surface area (Å²) in [5.74, 6) is 0.629. The van der Waals surface area contributed by atoms with Gasteiger partial charge in [-0.25, -0.2) is 0 Å². The van der Waals surface area contributed by atoms with Crippen LogP contribution in [-0.2, 0) is 0 Å². The number of carbonyl (C=O) groups excluding carboxylic acids is 1. The van der Waals surface area contributed by atoms with Gasteiger partial charge in [0.25, 0.3) is 5.91 Å². The minimum absolute atomic E-state index is 0.0451. The summed E-state index contributed by atoms with van der Waals surface area (Å²) in [6, 6.07) is 14.6. The zero-order valence-corrected chi connectivity index (χ0v) is 11.8. The average molecular weight is 288 g/mol. The molecule has 0 aliphatic carbocycles. The highest BCUT2D eigenvalue weighted by atomic mass is 35.5. The summed E-state index contributed by atoms with van der Waals surface area (Å²) in [5, 5.41) is 0.467. The van der Waals surface area contributed by atoms with Crippen LogP contribution in [-0.4, -0.2) is 18.6 Å². The van der Waals surface area contributed by atoms with Gasteiger partial charge in [0.05, 0.1) is 22.8 Å². The summed E-state index contributed by atoms with van der Waals surface area (Å²) < 4.78 is 5.75. The molecule has 2 aromatic rings. The molecule has 102 valence electrons. The van der Waals surface area contributed by atoms with E-state index >= 15 is 0 Å². The number of para-hydroxylation sites is 2. The number of nitrogens with zero attached hydrogens (tertiary/aromatic N) is 1. The fourth-order valence-corrected chi connectivity index (χ4v) is 2.58. The highest BCUT2D eigenvalue weighted by Crippen LogP contribution is 2.34. The Labute approximate surface area is 122 Å². The summed E-state index contributed by atoms with van der Waals surface area (Å²) in [6.45, 7) is 2.46. The van der Waals surface area contributed by atoms with E-state index in [2.05, 4.69) is 0 Å². The zero-order valence-electron chi connectivity index (χ0n) is 11.0. The SMILES string of the molecule is CC1CN(C(=O)c2ccccc2Cl)c2ccccc2O1. The molecule has 0 aromatic heterocycles. The molecule has 1 unspecified atom stereocenters. The molecule has 3 nitrogen and oxygen atoms in total. The molecule has 1 aliphatic rings. The molecule has 0 radical (unpaired) electrons. The van der Waals surface area contributed by atoms with E-state index in [0.717, 1.165) is 11.4 Å². The smallest absolute Gasteiger partial charge is 0.260 e. The number of fused-ring (bicyclic) bond motifs is 1. The van der Waals surface area contributed by atoms with E-state index in [1.165, 1.54) is 0 Å². The summed E-state index contributed by atoms with van der Waals surface area (Å²) >= 11 is 6.12. The fraction of sp³-hybridized carbons (Fsp3) is 0.188. The van der Waals surface area contributed by atoms with Gasteiger partial charge in [-0.1, -0.05) is 35.9 Å². The average Bonchev–Trinajstić information content (AvgIpc) is 2.46. The standard InChI is InChI=1S/C16H14ClNO2/c1-11-10-18(14-8-4-5-9-15(14)20-11)16(19)12-6-2-3-7-13(12)17/h2-9,11H,10H2,1H3. The van der Waals surface area contributed by atoms with Crippen molar-refractivity contribution in [3.63, 3.8) is 0 Å². The number of carbonyl (C=O) groups is 1. The van der Waals surface area contributed by atoms with Crippen LogP contribution < -0.4 is 9.64 Å². The first kappa shape index (κ1) is 13.0. The van der Waals surface area contributed by atoms with Gasteiger partial charge in [-0.2, -0.15) is 0 Å². The van der Waals surface area contributed by atoms with Crippen molar-refractivity contribution in [3.05, 3.63) is 59.1 Å². The summed E-state index contributed by atoms with van der Waals surface area (Å²) in [7, 11) is 0. The number of anilines is 1. The Morgan fingerprint density at radius 3 is 2.70 bits per heavy atom. The molecule has 1 amide bonds. The Kier molecular flexibility index (Phi) is 3.36. The molecule has 0 spiro atoms. The maximum absolute atomic E-state index is 12.7. The van der Waals surface area contributed by atoms with E-state index in [1.54, 1.807) is 17.0 Å². The lowest BCUT2D eigenvalue weighted by atomic mass is 10.1. The van der Waals surface area contributed by atoms with Gasteiger partial charge in [-0.15, -0.1) is 0 Å². The maximum Gasteiger partial charge on any atom is 0.260 e. The van der Waals surface area contributed by atoms with Gasteiger partial charge in [0.1, 0.15) is 11.9 Å². The first-order chi connectivity index (χ1) is 9.66. The van der Waals surface area contributed by atoms with Crippen LogP contribution in [0.15, 0.2) is 48.5 Å². The van der Waals surface area contributed by atoms with E-state index in [9.17, 15) is 4.79 Å². The highest BCUT2D eigenvalue weighted by molar-refractivity contribution is 6.34. The normalized spacial score (nSPS) is 17.3. The monoisotopic (exact) mass is 287 g/mol. The van der Waals surface area contributed by atoms with Crippen LogP contribution in [0.2, 0.25) is 5.02 Å². The minimum atomic E-state index is -0.0989. The molecule has 1 aliphatic heterocycles. The summed E-state index contributed by atoms with van der Waals surface area (Å²) in [6.07, 6.45) is -0.0451. The second kappa shape index (κ2) is 5.17. The number of rotatable bonds is 1. The Morgan fingerprint density at radius 1 is 1.20 bits per heavy atom. The second-order valence-electron chi connectivity index (χ2n) is 4.79. The predicted molar refractivity (Wildman–Crippen MR) is 79.7 cm³/mol. The van der Waals surface area contributed by atoms with Gasteiger partial charge < -0.3 is 9.64 Å². The van der Waals surface area contributed by atoms with Crippen molar-refractivity contribution < 1.29 is 9.53 Å². The molecule has 0 N–H and O–H groups in total. The van der Waals surface area contributed by atoms with Crippen molar-refractivity contribution in [3.8, 4) is 5.75 Å². The molecular weight excluding hydrogens is 274 g/mol. The Balaban J connectivity index is 2.02. The molecule has 4 heteroatoms. The number of benzene rings is 2. The number of ether oxygens (including phenoxy) is 1. The molecule has 0 saturated carbocycles. The van der Waals surface area contributed by atoms with Gasteiger partial charge in [-0.05, 0) is 31.2 Å². The second-order valence-corrected chi connectivity index (χ2v) is 5.20. The Bertz CT molecular complexity index is 656. The van der Waals surface area contributed by atoms with Crippen LogP contribution >= 0.6 is 11.6 Å². The molecule has 3 rings (SSSR count). The third-order valence-electron chi connectivity index (χ3n) is 3.27. The van der Waals surface area contributed by atoms with E-state index in [-0.39, 0.29) is 12.0 Å². The quantitative estimate of drug-likeness (QED) is 0.799. The van der Waals surface area contributed by atoms with Crippen molar-refractivity contribution in [2.24, 2.45) is 0 Å². The lowest BCUT2D eigenvalue weighted by Gasteiger charge is -2.33. The van der Waals surface area contributed by atoms with Crippen LogP contribution in [0.1, 0.15) is 17.3 Å². The Morgan fingerprint density at radius 2 is 1.90 bits per heavy atom. The molecule has 20 heavy (non-hydrogen) atoms. The minimum Gasteiger partial charge on any atom is -0.487 e. The lowest BCUT2D eigenvalue weighted by molar-refractivity contribution is 0.0961. The van der Waals surface area contributed by atoms with Crippen molar-refractivity contribution in [2.75, 3.05) is 11.4 Å². The largest absolute Gasteiger partial charge is 0.487 e. The van der Waals surface area contributed by atoms with Crippen LogP contribution in [0.4, 0.5) is 5.69 Å². The molecule has 1 heterocycles. The van der Waals surface area contributed by atoms with Crippen molar-refractivity contribution in [1.29, 1.82) is 0 Å². The zero-order chi connectivity index (χ0) is 14.1. The number of hydrogen-bond donors (Lipinski definition) is 0. The summed E-state index contributed by atoms with van der Waals surface area (Å²) in [5.41, 5.74) is 1.30. The molecule has 0 fully saturated rings. The van der Waals surface area contributed by atoms with Gasteiger partial charge in [0.15, 0.2) is 0 Å². The van der Waals surface area contributed by atoms with Gasteiger partial charge in [0, 0.05) is 0 Å². The number of halogens is 1. The van der Waals surface area contributed by atoms with Crippen LogP contribution in [0.25, 0.3) is 0 Å². The first-order valence-electron chi connectivity index (χ1n) is 6.49. The van der Waals surface area contributed by atoms with Crippen molar-refractivity contribution >= 4 is 23.2 Å². The topological polar surface area (TPSA) is 29.5 Å². The van der Waals surface area contributed by atoms with Crippen LogP contribution in [0.3, 0.4) is 0 Å². The third-order valence-corrected chi connectivity index (χ3v) is 3.60. The molecular formula is C16H14ClNO2. The van der Waals surface area contributed by atoms with Gasteiger partial charge >= 0.3 is 0 Å². The fourth-order valence-electron chi connectivity index (χ4n) is 2.36. The lowest BCUT2D eigenvalue weighted by Crippen LogP contribution is -2.42. The maximum atomic E-state index is 12.7. The van der Waals surface area contributed by atoms with Gasteiger partial charge in [-0.3, -0.25) is 4.79 Å². The predicted octanol–water partition coefficient (Wildman–Crippen LogP) is 3.77. The third kappa shape index (κ3) is 2.25. The van der Waals surface area contributed by atoms with E-state index in [4.69, 9.17) is 16.3 Å². The first-order valence-corrected chi connectivity index (χ1v) is 6.86. The highest BCUT2D eigenvalue weighted by Gasteiger charge is 2.28. The van der Waals surface area contributed by atoms with E-state index < -0.39 is 0 Å². The van der Waals surface area contributed by atoms with Crippen LogP contribution in [0.5, 0.6) is 5.75 Å². The summed E-state index contributed by atoms with van der Waals surface area (Å²) in [4.78, 5) is 14.4. The van der Waals surface area contributed by atoms with E-state index in [0.29, 0.717) is 17.1 Å². The molecule has 0 bridgehead atoms. The Hall–Kier alpha value is -2.00. The van der Waals surface area contributed by atoms with Crippen molar-refractivity contribution in [1.82, 2.24) is 0 Å². The van der Waals surface area contributed by atoms with E-state index in [1.807, 2.05) is 43.3 Å². The van der Waals surface area contributed by atoms with Crippen LogP contribution in [0, 0.1) is 0 Å². The number of amides is 1.